The molecule has 3 rings (SSSR count). The number of rotatable bonds is 3. The lowest BCUT2D eigenvalue weighted by molar-refractivity contribution is 0.0950. The molecule has 18 heavy (non-hydrogen) atoms. The van der Waals surface area contributed by atoms with Gasteiger partial charge in [0, 0.05) is 23.3 Å². The van der Waals surface area contributed by atoms with Crippen molar-refractivity contribution in [2.24, 2.45) is 0 Å². The largest absolute Gasteiger partial charge is 0.364 e. The molecule has 0 atom stereocenters. The number of carbonyl (C=O) groups is 1. The van der Waals surface area contributed by atoms with E-state index in [2.05, 4.69) is 15.5 Å². The smallest absolute Gasteiger partial charge is 0.251 e. The third-order valence-electron chi connectivity index (χ3n) is 2.74. The van der Waals surface area contributed by atoms with Gasteiger partial charge < -0.3 is 14.8 Å². The van der Waals surface area contributed by atoms with Gasteiger partial charge in [0.2, 0.25) is 0 Å². The summed E-state index contributed by atoms with van der Waals surface area (Å²) in [5.74, 6) is -0.130. The zero-order valence-electron chi connectivity index (χ0n) is 9.51. The van der Waals surface area contributed by atoms with E-state index in [0.717, 1.165) is 10.9 Å². The minimum Gasteiger partial charge on any atom is -0.364 e. The van der Waals surface area contributed by atoms with Gasteiger partial charge in [-0.1, -0.05) is 11.2 Å². The highest BCUT2D eigenvalue weighted by atomic mass is 16.5. The molecule has 90 valence electrons. The fourth-order valence-corrected chi connectivity index (χ4v) is 1.79. The number of fused-ring (bicyclic) bond motifs is 1. The molecule has 0 aliphatic carbocycles. The van der Waals surface area contributed by atoms with E-state index in [4.69, 9.17) is 4.52 Å². The van der Waals surface area contributed by atoms with Crippen molar-refractivity contribution in [3.05, 3.63) is 54.0 Å². The zero-order valence-corrected chi connectivity index (χ0v) is 9.51. The minimum atomic E-state index is -0.130. The van der Waals surface area contributed by atoms with Crippen LogP contribution in [0.5, 0.6) is 0 Å². The summed E-state index contributed by atoms with van der Waals surface area (Å²) < 4.78 is 4.69. The second-order valence-electron chi connectivity index (χ2n) is 3.95. The van der Waals surface area contributed by atoms with Gasteiger partial charge in [0.25, 0.3) is 5.91 Å². The molecule has 0 radical (unpaired) electrons. The molecule has 5 nitrogen and oxygen atoms in total. The normalized spacial score (nSPS) is 10.7. The van der Waals surface area contributed by atoms with Crippen LogP contribution in [0.3, 0.4) is 0 Å². The number of benzene rings is 1. The Bertz CT molecular complexity index is 670. The van der Waals surface area contributed by atoms with E-state index < -0.39 is 0 Å². The Labute approximate surface area is 103 Å². The molecule has 0 unspecified atom stereocenters. The highest BCUT2D eigenvalue weighted by Crippen LogP contribution is 2.14. The number of aromatic nitrogens is 2. The van der Waals surface area contributed by atoms with Crippen LogP contribution in [0, 0.1) is 0 Å². The lowest BCUT2D eigenvalue weighted by Gasteiger charge is -2.03. The van der Waals surface area contributed by atoms with Gasteiger partial charge >= 0.3 is 0 Å². The topological polar surface area (TPSA) is 70.9 Å². The third kappa shape index (κ3) is 1.98. The fourth-order valence-electron chi connectivity index (χ4n) is 1.79. The molecule has 2 aromatic heterocycles. The number of carbonyl (C=O) groups excluding carboxylic acids is 1. The van der Waals surface area contributed by atoms with Crippen molar-refractivity contribution in [3.8, 4) is 0 Å². The van der Waals surface area contributed by atoms with Gasteiger partial charge in [0.15, 0.2) is 0 Å². The van der Waals surface area contributed by atoms with E-state index in [1.165, 1.54) is 6.26 Å². The predicted octanol–water partition coefficient (Wildman–Crippen LogP) is 2.09. The average molecular weight is 241 g/mol. The maximum Gasteiger partial charge on any atom is 0.251 e. The van der Waals surface area contributed by atoms with Gasteiger partial charge in [-0.05, 0) is 23.6 Å². The molecule has 2 heterocycles. The molecule has 0 bridgehead atoms. The number of hydrogen-bond donors (Lipinski definition) is 2. The Kier molecular flexibility index (Phi) is 2.57. The molecule has 0 aliphatic rings. The van der Waals surface area contributed by atoms with Crippen LogP contribution in [-0.2, 0) is 6.54 Å². The summed E-state index contributed by atoms with van der Waals surface area (Å²) in [6, 6.07) is 9.22. The van der Waals surface area contributed by atoms with Crippen LogP contribution in [0.1, 0.15) is 16.1 Å². The summed E-state index contributed by atoms with van der Waals surface area (Å²) in [6.45, 7) is 0.359. The van der Waals surface area contributed by atoms with Crippen molar-refractivity contribution in [1.82, 2.24) is 15.5 Å². The first-order valence-corrected chi connectivity index (χ1v) is 5.57. The molecular weight excluding hydrogens is 230 g/mol. The Balaban J connectivity index is 1.75. The van der Waals surface area contributed by atoms with Crippen LogP contribution < -0.4 is 5.32 Å². The van der Waals surface area contributed by atoms with Crippen molar-refractivity contribution in [3.63, 3.8) is 0 Å². The van der Waals surface area contributed by atoms with Crippen LogP contribution in [0.15, 0.2) is 47.3 Å². The highest BCUT2D eigenvalue weighted by Gasteiger charge is 2.07. The third-order valence-corrected chi connectivity index (χ3v) is 2.74. The van der Waals surface area contributed by atoms with Gasteiger partial charge in [-0.3, -0.25) is 4.79 Å². The van der Waals surface area contributed by atoms with Gasteiger partial charge in [-0.2, -0.15) is 0 Å². The lowest BCUT2D eigenvalue weighted by Crippen LogP contribution is -2.22. The number of hydrogen-bond acceptors (Lipinski definition) is 3. The van der Waals surface area contributed by atoms with Crippen LogP contribution in [0.25, 0.3) is 10.9 Å². The Morgan fingerprint density at radius 1 is 1.33 bits per heavy atom. The number of nitrogens with one attached hydrogen (secondary N) is 2. The summed E-state index contributed by atoms with van der Waals surface area (Å²) in [4.78, 5) is 15.0. The second kappa shape index (κ2) is 4.37. The molecule has 0 spiro atoms. The molecule has 2 N–H and O–H groups in total. The number of H-pyrrole nitrogens is 1. The maximum atomic E-state index is 11.9. The average Bonchev–Trinajstić information content (AvgIpc) is 3.05. The first-order chi connectivity index (χ1) is 8.83. The Morgan fingerprint density at radius 3 is 3.11 bits per heavy atom. The zero-order chi connectivity index (χ0) is 12.4. The molecular formula is C13H11N3O2. The number of nitrogens with zero attached hydrogens (tertiary/aromatic N) is 1. The van der Waals surface area contributed by atoms with Crippen LogP contribution in [0.4, 0.5) is 0 Å². The van der Waals surface area contributed by atoms with Crippen LogP contribution in [-0.4, -0.2) is 16.0 Å². The van der Waals surface area contributed by atoms with Gasteiger partial charge in [-0.25, -0.2) is 0 Å². The number of aromatic amines is 1. The van der Waals surface area contributed by atoms with Crippen molar-refractivity contribution in [1.29, 1.82) is 0 Å². The highest BCUT2D eigenvalue weighted by molar-refractivity contribution is 5.97. The van der Waals surface area contributed by atoms with E-state index in [-0.39, 0.29) is 5.91 Å². The molecule has 0 saturated heterocycles. The molecule has 0 fully saturated rings. The Hall–Kier alpha value is -2.56. The molecule has 5 heteroatoms. The van der Waals surface area contributed by atoms with Crippen molar-refractivity contribution >= 4 is 16.8 Å². The van der Waals surface area contributed by atoms with E-state index >= 15 is 0 Å². The van der Waals surface area contributed by atoms with E-state index in [0.29, 0.717) is 17.8 Å². The van der Waals surface area contributed by atoms with Crippen molar-refractivity contribution < 1.29 is 9.32 Å². The lowest BCUT2D eigenvalue weighted by atomic mass is 10.1. The summed E-state index contributed by atoms with van der Waals surface area (Å²) in [6.07, 6.45) is 3.33. The van der Waals surface area contributed by atoms with E-state index in [1.807, 2.05) is 24.4 Å². The van der Waals surface area contributed by atoms with Gasteiger partial charge in [-0.15, -0.1) is 0 Å². The summed E-state index contributed by atoms with van der Waals surface area (Å²) >= 11 is 0. The van der Waals surface area contributed by atoms with Crippen LogP contribution >= 0.6 is 0 Å². The predicted molar refractivity (Wildman–Crippen MR) is 66.0 cm³/mol. The van der Waals surface area contributed by atoms with Gasteiger partial charge in [0.05, 0.1) is 6.54 Å². The fraction of sp³-hybridized carbons (Fsp3) is 0.0769. The quantitative estimate of drug-likeness (QED) is 0.737. The monoisotopic (exact) mass is 241 g/mol. The molecule has 1 amide bonds. The molecule has 1 aromatic carbocycles. The summed E-state index contributed by atoms with van der Waals surface area (Å²) in [5.41, 5.74) is 2.27. The maximum absolute atomic E-state index is 11.9. The van der Waals surface area contributed by atoms with E-state index in [9.17, 15) is 4.79 Å². The SMILES string of the molecule is O=C(NCc1ccon1)c1ccc2cc[nH]c2c1. The second-order valence-corrected chi connectivity index (χ2v) is 3.95. The Morgan fingerprint density at radius 2 is 2.28 bits per heavy atom. The minimum absolute atomic E-state index is 0.130. The summed E-state index contributed by atoms with van der Waals surface area (Å²) in [7, 11) is 0. The molecule has 3 aromatic rings. The standard InChI is InChI=1S/C13H11N3O2/c17-13(15-8-11-4-6-18-16-11)10-2-1-9-3-5-14-12(9)7-10/h1-7,14H,8H2,(H,15,17). The van der Waals surface area contributed by atoms with Crippen molar-refractivity contribution in [2.45, 2.75) is 6.54 Å². The molecule has 0 saturated carbocycles. The van der Waals surface area contributed by atoms with E-state index in [1.54, 1.807) is 12.1 Å². The molecule has 0 aliphatic heterocycles. The van der Waals surface area contributed by atoms with Gasteiger partial charge in [0.1, 0.15) is 12.0 Å². The van der Waals surface area contributed by atoms with Crippen LogP contribution in [0.2, 0.25) is 0 Å². The first-order valence-electron chi connectivity index (χ1n) is 5.57. The first kappa shape index (κ1) is 10.6. The number of amides is 1. The summed E-state index contributed by atoms with van der Waals surface area (Å²) in [5, 5.41) is 7.60. The van der Waals surface area contributed by atoms with Crippen molar-refractivity contribution in [2.75, 3.05) is 0 Å².